The fraction of sp³-hybridized carbons (Fsp3) is 0.381. The summed E-state index contributed by atoms with van der Waals surface area (Å²) in [6.45, 7) is 6.06. The highest BCUT2D eigenvalue weighted by molar-refractivity contribution is 6.33. The SMILES string of the molecule is CC(C)c1ccc(OCC(=O)N2CCN(c3c(Cl)cccc3[N+](=O)[O-])CC2)cc1. The van der Waals surface area contributed by atoms with Gasteiger partial charge >= 0.3 is 0 Å². The summed E-state index contributed by atoms with van der Waals surface area (Å²) >= 11 is 6.21. The quantitative estimate of drug-likeness (QED) is 0.522. The molecule has 1 saturated heterocycles. The molecule has 2 aromatic carbocycles. The number of para-hydroxylation sites is 1. The van der Waals surface area contributed by atoms with E-state index in [1.165, 1.54) is 11.6 Å². The van der Waals surface area contributed by atoms with E-state index in [0.717, 1.165) is 0 Å². The molecule has 0 radical (unpaired) electrons. The van der Waals surface area contributed by atoms with Crippen molar-refractivity contribution in [2.24, 2.45) is 0 Å². The van der Waals surface area contributed by atoms with E-state index < -0.39 is 4.92 Å². The van der Waals surface area contributed by atoms with Crippen LogP contribution in [0.3, 0.4) is 0 Å². The summed E-state index contributed by atoms with van der Waals surface area (Å²) in [5.41, 5.74) is 1.60. The Labute approximate surface area is 175 Å². The van der Waals surface area contributed by atoms with Crippen molar-refractivity contribution in [3.8, 4) is 5.75 Å². The smallest absolute Gasteiger partial charge is 0.294 e. The van der Waals surface area contributed by atoms with Crippen LogP contribution < -0.4 is 9.64 Å². The van der Waals surface area contributed by atoms with Crippen molar-refractivity contribution in [2.45, 2.75) is 19.8 Å². The Morgan fingerprint density at radius 1 is 1.14 bits per heavy atom. The van der Waals surface area contributed by atoms with Crippen LogP contribution in [0.1, 0.15) is 25.3 Å². The summed E-state index contributed by atoms with van der Waals surface area (Å²) in [5, 5.41) is 11.6. The van der Waals surface area contributed by atoms with Gasteiger partial charge in [0.1, 0.15) is 11.4 Å². The Morgan fingerprint density at radius 2 is 1.79 bits per heavy atom. The second kappa shape index (κ2) is 9.13. The number of halogens is 1. The first kappa shape index (κ1) is 20.9. The summed E-state index contributed by atoms with van der Waals surface area (Å²) in [7, 11) is 0. The molecule has 0 atom stereocenters. The second-order valence-corrected chi connectivity index (χ2v) is 7.65. The summed E-state index contributed by atoms with van der Waals surface area (Å²) in [6, 6.07) is 12.4. The highest BCUT2D eigenvalue weighted by atomic mass is 35.5. The van der Waals surface area contributed by atoms with E-state index in [-0.39, 0.29) is 18.2 Å². The van der Waals surface area contributed by atoms with Gasteiger partial charge in [0.15, 0.2) is 6.61 Å². The lowest BCUT2D eigenvalue weighted by atomic mass is 10.0. The zero-order chi connectivity index (χ0) is 21.0. The molecule has 8 heteroatoms. The molecule has 154 valence electrons. The number of carbonyl (C=O) groups is 1. The fourth-order valence-electron chi connectivity index (χ4n) is 3.33. The maximum atomic E-state index is 12.5. The molecule has 0 spiro atoms. The molecule has 0 aromatic heterocycles. The number of amides is 1. The van der Waals surface area contributed by atoms with Crippen LogP contribution in [0.4, 0.5) is 11.4 Å². The molecular formula is C21H24ClN3O4. The number of benzene rings is 2. The molecular weight excluding hydrogens is 394 g/mol. The van der Waals surface area contributed by atoms with Gasteiger partial charge in [-0.25, -0.2) is 0 Å². The molecule has 3 rings (SSSR count). The zero-order valence-corrected chi connectivity index (χ0v) is 17.3. The van der Waals surface area contributed by atoms with Gasteiger partial charge < -0.3 is 14.5 Å². The minimum absolute atomic E-state index is 0.0227. The number of nitrogens with zero attached hydrogens (tertiary/aromatic N) is 3. The minimum atomic E-state index is -0.433. The highest BCUT2D eigenvalue weighted by Crippen LogP contribution is 2.35. The summed E-state index contributed by atoms with van der Waals surface area (Å²) < 4.78 is 5.62. The number of nitro groups is 1. The Hall–Kier alpha value is -2.80. The van der Waals surface area contributed by atoms with Crippen molar-refractivity contribution in [3.63, 3.8) is 0 Å². The Kier molecular flexibility index (Phi) is 6.59. The van der Waals surface area contributed by atoms with Gasteiger partial charge in [-0.15, -0.1) is 0 Å². The van der Waals surface area contributed by atoms with Crippen molar-refractivity contribution < 1.29 is 14.5 Å². The summed E-state index contributed by atoms with van der Waals surface area (Å²) in [6.07, 6.45) is 0. The maximum absolute atomic E-state index is 12.5. The third-order valence-electron chi connectivity index (χ3n) is 5.02. The molecule has 0 saturated carbocycles. The topological polar surface area (TPSA) is 75.9 Å². The molecule has 0 N–H and O–H groups in total. The Morgan fingerprint density at radius 3 is 2.38 bits per heavy atom. The van der Waals surface area contributed by atoms with Crippen LogP contribution in [0.2, 0.25) is 5.02 Å². The van der Waals surface area contributed by atoms with Crippen LogP contribution >= 0.6 is 11.6 Å². The van der Waals surface area contributed by atoms with Crippen LogP contribution in [0, 0.1) is 10.1 Å². The predicted octanol–water partition coefficient (Wildman–Crippen LogP) is 4.10. The van der Waals surface area contributed by atoms with Crippen molar-refractivity contribution in [3.05, 3.63) is 63.2 Å². The normalized spacial score (nSPS) is 14.2. The van der Waals surface area contributed by atoms with Crippen LogP contribution in [0.5, 0.6) is 5.75 Å². The molecule has 0 aliphatic carbocycles. The van der Waals surface area contributed by atoms with E-state index in [2.05, 4.69) is 13.8 Å². The van der Waals surface area contributed by atoms with Gasteiger partial charge in [-0.1, -0.05) is 43.6 Å². The van der Waals surface area contributed by atoms with Gasteiger partial charge in [0.05, 0.1) is 9.95 Å². The number of ether oxygens (including phenoxy) is 1. The number of piperazine rings is 1. The van der Waals surface area contributed by atoms with Gasteiger partial charge in [0.25, 0.3) is 11.6 Å². The summed E-state index contributed by atoms with van der Waals surface area (Å²) in [4.78, 5) is 26.9. The van der Waals surface area contributed by atoms with Crippen molar-refractivity contribution >= 4 is 28.9 Å². The van der Waals surface area contributed by atoms with Crippen molar-refractivity contribution in [2.75, 3.05) is 37.7 Å². The van der Waals surface area contributed by atoms with Gasteiger partial charge in [0, 0.05) is 32.2 Å². The summed E-state index contributed by atoms with van der Waals surface area (Å²) in [5.74, 6) is 0.996. The monoisotopic (exact) mass is 417 g/mol. The second-order valence-electron chi connectivity index (χ2n) is 7.24. The average Bonchev–Trinajstić information content (AvgIpc) is 2.72. The Bertz CT molecular complexity index is 878. The van der Waals surface area contributed by atoms with Gasteiger partial charge in [0.2, 0.25) is 0 Å². The van der Waals surface area contributed by atoms with E-state index in [9.17, 15) is 14.9 Å². The van der Waals surface area contributed by atoms with Crippen LogP contribution in [0.15, 0.2) is 42.5 Å². The van der Waals surface area contributed by atoms with Crippen molar-refractivity contribution in [1.29, 1.82) is 0 Å². The van der Waals surface area contributed by atoms with E-state index in [4.69, 9.17) is 16.3 Å². The first-order chi connectivity index (χ1) is 13.9. The lowest BCUT2D eigenvalue weighted by Crippen LogP contribution is -2.50. The molecule has 1 aliphatic rings. The number of nitro benzene ring substituents is 1. The van der Waals surface area contributed by atoms with E-state index >= 15 is 0 Å². The van der Waals surface area contributed by atoms with Crippen molar-refractivity contribution in [1.82, 2.24) is 4.90 Å². The van der Waals surface area contributed by atoms with E-state index in [0.29, 0.717) is 48.6 Å². The average molecular weight is 418 g/mol. The number of hydrogen-bond donors (Lipinski definition) is 0. The lowest BCUT2D eigenvalue weighted by molar-refractivity contribution is -0.384. The number of carbonyl (C=O) groups excluding carboxylic acids is 1. The van der Waals surface area contributed by atoms with Crippen LogP contribution in [-0.4, -0.2) is 48.5 Å². The largest absolute Gasteiger partial charge is 0.484 e. The molecule has 1 heterocycles. The Balaban J connectivity index is 1.55. The standard InChI is InChI=1S/C21H24ClN3O4/c1-15(2)16-6-8-17(9-7-16)29-14-20(26)23-10-12-24(13-11-23)21-18(22)4-3-5-19(21)25(27)28/h3-9,15H,10-14H2,1-2H3. The zero-order valence-electron chi connectivity index (χ0n) is 16.5. The molecule has 0 unspecified atom stereocenters. The fourth-order valence-corrected chi connectivity index (χ4v) is 3.62. The third kappa shape index (κ3) is 4.98. The molecule has 29 heavy (non-hydrogen) atoms. The van der Waals surface area contributed by atoms with E-state index in [1.807, 2.05) is 29.2 Å². The van der Waals surface area contributed by atoms with Crippen LogP contribution in [0.25, 0.3) is 0 Å². The third-order valence-corrected chi connectivity index (χ3v) is 5.32. The lowest BCUT2D eigenvalue weighted by Gasteiger charge is -2.36. The predicted molar refractivity (Wildman–Crippen MR) is 113 cm³/mol. The molecule has 2 aromatic rings. The minimum Gasteiger partial charge on any atom is -0.484 e. The number of hydrogen-bond acceptors (Lipinski definition) is 5. The van der Waals surface area contributed by atoms with Gasteiger partial charge in [-0.05, 0) is 29.7 Å². The molecule has 0 bridgehead atoms. The van der Waals surface area contributed by atoms with E-state index in [1.54, 1.807) is 17.0 Å². The highest BCUT2D eigenvalue weighted by Gasteiger charge is 2.27. The van der Waals surface area contributed by atoms with Gasteiger partial charge in [-0.2, -0.15) is 0 Å². The molecule has 1 fully saturated rings. The first-order valence-corrected chi connectivity index (χ1v) is 9.93. The maximum Gasteiger partial charge on any atom is 0.294 e. The molecule has 1 aliphatic heterocycles. The number of anilines is 1. The number of rotatable bonds is 6. The first-order valence-electron chi connectivity index (χ1n) is 9.55. The molecule has 7 nitrogen and oxygen atoms in total. The molecule has 1 amide bonds. The van der Waals surface area contributed by atoms with Gasteiger partial charge in [-0.3, -0.25) is 14.9 Å². The van der Waals surface area contributed by atoms with Crippen LogP contribution in [-0.2, 0) is 4.79 Å².